The van der Waals surface area contributed by atoms with E-state index in [0.717, 1.165) is 32.1 Å². The summed E-state index contributed by atoms with van der Waals surface area (Å²) in [4.78, 5) is 10.9. The molecule has 1 saturated carbocycles. The molecule has 1 aliphatic rings. The highest BCUT2D eigenvalue weighted by molar-refractivity contribution is 8.01. The molecule has 1 aliphatic carbocycles. The van der Waals surface area contributed by atoms with Crippen LogP contribution in [-0.4, -0.2) is 38.3 Å². The van der Waals surface area contributed by atoms with E-state index < -0.39 is 16.8 Å². The molecule has 17 heavy (non-hydrogen) atoms. The summed E-state index contributed by atoms with van der Waals surface area (Å²) in [5.41, 5.74) is 5.69. The standard InChI is InChI=1S/C12H23NO3S/c1-12(2,10(13)11(15)16)17-9-7-5-3-4-6-8(9)14/h8-10,14H,3-7,13H2,1-2H3,(H,15,16)/t8?,9?,10-/m0/s1. The molecule has 3 atom stereocenters. The highest BCUT2D eigenvalue weighted by Gasteiger charge is 2.37. The highest BCUT2D eigenvalue weighted by Crippen LogP contribution is 2.37. The zero-order valence-electron chi connectivity index (χ0n) is 10.6. The maximum atomic E-state index is 10.9. The van der Waals surface area contributed by atoms with Gasteiger partial charge < -0.3 is 15.9 Å². The van der Waals surface area contributed by atoms with Crippen LogP contribution in [0, 0.1) is 0 Å². The Hall–Kier alpha value is -0.260. The van der Waals surface area contributed by atoms with Crippen LogP contribution in [0.4, 0.5) is 0 Å². The van der Waals surface area contributed by atoms with E-state index in [1.54, 1.807) is 0 Å². The average Bonchev–Trinajstić information content (AvgIpc) is 2.43. The van der Waals surface area contributed by atoms with Crippen LogP contribution in [-0.2, 0) is 4.79 Å². The fraction of sp³-hybridized carbons (Fsp3) is 0.917. The molecule has 0 radical (unpaired) electrons. The Bertz CT molecular complexity index is 270. The molecular formula is C12H23NO3S. The van der Waals surface area contributed by atoms with Gasteiger partial charge >= 0.3 is 5.97 Å². The fourth-order valence-corrected chi connectivity index (χ4v) is 3.76. The van der Waals surface area contributed by atoms with Crippen LogP contribution in [0.1, 0.15) is 46.0 Å². The molecule has 0 saturated heterocycles. The first-order chi connectivity index (χ1) is 7.84. The molecule has 2 unspecified atom stereocenters. The summed E-state index contributed by atoms with van der Waals surface area (Å²) in [6, 6.07) is -0.900. The molecular weight excluding hydrogens is 238 g/mol. The molecule has 1 fully saturated rings. The second-order valence-electron chi connectivity index (χ2n) is 5.28. The minimum atomic E-state index is -0.981. The lowest BCUT2D eigenvalue weighted by molar-refractivity contribution is -0.139. The smallest absolute Gasteiger partial charge is 0.321 e. The van der Waals surface area contributed by atoms with Gasteiger partial charge in [0.2, 0.25) is 0 Å². The lowest BCUT2D eigenvalue weighted by atomic mass is 10.1. The maximum absolute atomic E-state index is 10.9. The third-order valence-electron chi connectivity index (χ3n) is 3.39. The molecule has 4 N–H and O–H groups in total. The van der Waals surface area contributed by atoms with Gasteiger partial charge in [0.1, 0.15) is 6.04 Å². The number of thioether (sulfide) groups is 1. The third-order valence-corrected chi connectivity index (χ3v) is 5.10. The molecule has 0 amide bonds. The summed E-state index contributed by atoms with van der Waals surface area (Å²) in [5, 5.41) is 19.1. The van der Waals surface area contributed by atoms with Gasteiger partial charge in [-0.15, -0.1) is 11.8 Å². The van der Waals surface area contributed by atoms with Crippen LogP contribution in [0.2, 0.25) is 0 Å². The predicted molar refractivity (Wildman–Crippen MR) is 70.2 cm³/mol. The van der Waals surface area contributed by atoms with E-state index in [4.69, 9.17) is 10.8 Å². The molecule has 0 spiro atoms. The molecule has 0 aromatic rings. The van der Waals surface area contributed by atoms with Crippen molar-refractivity contribution in [1.29, 1.82) is 0 Å². The first-order valence-electron chi connectivity index (χ1n) is 6.19. The zero-order chi connectivity index (χ0) is 13.1. The summed E-state index contributed by atoms with van der Waals surface area (Å²) in [6.45, 7) is 3.68. The lowest BCUT2D eigenvalue weighted by Gasteiger charge is -2.33. The number of carboxylic acids is 1. The Kier molecular flexibility index (Phi) is 5.28. The largest absolute Gasteiger partial charge is 0.480 e. The second kappa shape index (κ2) is 6.07. The second-order valence-corrected chi connectivity index (χ2v) is 7.17. The van der Waals surface area contributed by atoms with Crippen LogP contribution in [0.25, 0.3) is 0 Å². The van der Waals surface area contributed by atoms with Crippen molar-refractivity contribution in [3.63, 3.8) is 0 Å². The van der Waals surface area contributed by atoms with Crippen LogP contribution in [0.3, 0.4) is 0 Å². The van der Waals surface area contributed by atoms with E-state index in [0.29, 0.717) is 0 Å². The van der Waals surface area contributed by atoms with Gasteiger partial charge in [0.15, 0.2) is 0 Å². The number of nitrogens with two attached hydrogens (primary N) is 1. The number of aliphatic hydroxyl groups is 1. The van der Waals surface area contributed by atoms with Crippen LogP contribution in [0.15, 0.2) is 0 Å². The Labute approximate surface area is 107 Å². The normalized spacial score (nSPS) is 28.5. The van der Waals surface area contributed by atoms with Crippen molar-refractivity contribution in [1.82, 2.24) is 0 Å². The summed E-state index contributed by atoms with van der Waals surface area (Å²) < 4.78 is -0.554. The van der Waals surface area contributed by atoms with Crippen molar-refractivity contribution in [2.75, 3.05) is 0 Å². The first kappa shape index (κ1) is 14.8. The summed E-state index contributed by atoms with van der Waals surface area (Å²) in [7, 11) is 0. The van der Waals surface area contributed by atoms with Gasteiger partial charge in [-0.2, -0.15) is 0 Å². The first-order valence-corrected chi connectivity index (χ1v) is 7.07. The number of hydrogen-bond donors (Lipinski definition) is 3. The van der Waals surface area contributed by atoms with Gasteiger partial charge in [0, 0.05) is 10.00 Å². The molecule has 1 rings (SSSR count). The topological polar surface area (TPSA) is 83.5 Å². The monoisotopic (exact) mass is 261 g/mol. The summed E-state index contributed by atoms with van der Waals surface area (Å²) in [6.07, 6.45) is 4.75. The van der Waals surface area contributed by atoms with Crippen LogP contribution < -0.4 is 5.73 Å². The summed E-state index contributed by atoms with van der Waals surface area (Å²) >= 11 is 1.52. The van der Waals surface area contributed by atoms with Crippen molar-refractivity contribution >= 4 is 17.7 Å². The molecule has 100 valence electrons. The Balaban J connectivity index is 2.64. The van der Waals surface area contributed by atoms with Crippen molar-refractivity contribution in [2.45, 2.75) is 68.1 Å². The van der Waals surface area contributed by atoms with Crippen molar-refractivity contribution in [3.05, 3.63) is 0 Å². The van der Waals surface area contributed by atoms with Gasteiger partial charge in [-0.1, -0.05) is 19.3 Å². The molecule has 0 aliphatic heterocycles. The SMILES string of the molecule is CC(C)(SC1CCCCCC1O)[C@@H](N)C(=O)O. The third kappa shape index (κ3) is 4.16. The van der Waals surface area contributed by atoms with Crippen LogP contribution >= 0.6 is 11.8 Å². The number of aliphatic hydroxyl groups excluding tert-OH is 1. The van der Waals surface area contributed by atoms with E-state index in [1.807, 2.05) is 13.8 Å². The van der Waals surface area contributed by atoms with Crippen LogP contribution in [0.5, 0.6) is 0 Å². The Morgan fingerprint density at radius 1 is 1.35 bits per heavy atom. The maximum Gasteiger partial charge on any atom is 0.321 e. The lowest BCUT2D eigenvalue weighted by Crippen LogP contribution is -2.48. The summed E-state index contributed by atoms with van der Waals surface area (Å²) in [5.74, 6) is -0.981. The van der Waals surface area contributed by atoms with Crippen molar-refractivity contribution in [3.8, 4) is 0 Å². The molecule has 0 aromatic heterocycles. The number of rotatable bonds is 4. The highest BCUT2D eigenvalue weighted by atomic mass is 32.2. The Morgan fingerprint density at radius 3 is 2.53 bits per heavy atom. The number of carboxylic acid groups (broad SMARTS) is 1. The van der Waals surface area contributed by atoms with Crippen molar-refractivity contribution < 1.29 is 15.0 Å². The van der Waals surface area contributed by atoms with Crippen molar-refractivity contribution in [2.24, 2.45) is 5.73 Å². The molecule has 0 bridgehead atoms. The zero-order valence-corrected chi connectivity index (χ0v) is 11.4. The molecule has 0 aromatic carbocycles. The van der Waals surface area contributed by atoms with Gasteiger partial charge in [-0.05, 0) is 26.7 Å². The van der Waals surface area contributed by atoms with Gasteiger partial charge in [-0.25, -0.2) is 0 Å². The number of aliphatic carboxylic acids is 1. The minimum absolute atomic E-state index is 0.109. The fourth-order valence-electron chi connectivity index (χ4n) is 2.15. The van der Waals surface area contributed by atoms with E-state index in [1.165, 1.54) is 11.8 Å². The minimum Gasteiger partial charge on any atom is -0.480 e. The number of hydrogen-bond acceptors (Lipinski definition) is 4. The van der Waals surface area contributed by atoms with Gasteiger partial charge in [0.25, 0.3) is 0 Å². The van der Waals surface area contributed by atoms with E-state index in [2.05, 4.69) is 0 Å². The molecule has 0 heterocycles. The predicted octanol–water partition coefficient (Wildman–Crippen LogP) is 1.60. The number of carbonyl (C=O) groups is 1. The van der Waals surface area contributed by atoms with E-state index in [9.17, 15) is 9.90 Å². The van der Waals surface area contributed by atoms with E-state index in [-0.39, 0.29) is 11.4 Å². The quantitative estimate of drug-likeness (QED) is 0.670. The molecule has 4 nitrogen and oxygen atoms in total. The van der Waals surface area contributed by atoms with Gasteiger partial charge in [0.05, 0.1) is 6.10 Å². The van der Waals surface area contributed by atoms with E-state index >= 15 is 0 Å². The van der Waals surface area contributed by atoms with Gasteiger partial charge in [-0.3, -0.25) is 4.79 Å². The Morgan fingerprint density at radius 2 is 1.94 bits per heavy atom. The average molecular weight is 261 g/mol. The molecule has 5 heteroatoms.